The average Bonchev–Trinajstić information content (AvgIpc) is 3.37. The van der Waals surface area contributed by atoms with Gasteiger partial charge in [0.15, 0.2) is 0 Å². The Balaban J connectivity index is 0.00000256. The Morgan fingerprint density at radius 2 is 1.87 bits per heavy atom. The molecule has 0 aromatic carbocycles. The van der Waals surface area contributed by atoms with Crippen LogP contribution in [0.2, 0.25) is 0 Å². The zero-order valence-electron chi connectivity index (χ0n) is 17.7. The Morgan fingerprint density at radius 3 is 2.47 bits per heavy atom. The minimum atomic E-state index is -3.66. The average molecular weight is 459 g/mol. The number of amides is 2. The fourth-order valence-corrected chi connectivity index (χ4v) is 6.43. The van der Waals surface area contributed by atoms with Crippen LogP contribution in [0.5, 0.6) is 0 Å². The van der Waals surface area contributed by atoms with Gasteiger partial charge in [0.25, 0.3) is 5.91 Å². The summed E-state index contributed by atoms with van der Waals surface area (Å²) in [5, 5.41) is 0. The van der Waals surface area contributed by atoms with E-state index in [1.165, 1.54) is 12.8 Å². The summed E-state index contributed by atoms with van der Waals surface area (Å²) >= 11 is 0. The molecule has 3 aliphatic rings. The van der Waals surface area contributed by atoms with Crippen LogP contribution in [0.4, 0.5) is 0 Å². The lowest BCUT2D eigenvalue weighted by Crippen LogP contribution is -2.44. The van der Waals surface area contributed by atoms with Crippen LogP contribution in [0.3, 0.4) is 0 Å². The predicted molar refractivity (Wildman–Crippen MR) is 116 cm³/mol. The molecule has 3 saturated heterocycles. The summed E-state index contributed by atoms with van der Waals surface area (Å²) in [6, 6.07) is 2.88. The third-order valence-corrected chi connectivity index (χ3v) is 7.66. The van der Waals surface area contributed by atoms with Gasteiger partial charge < -0.3 is 9.88 Å². The summed E-state index contributed by atoms with van der Waals surface area (Å²) in [6.45, 7) is 7.24. The van der Waals surface area contributed by atoms with E-state index in [2.05, 4.69) is 9.88 Å². The minimum Gasteiger partial charge on any atom is -0.353 e. The van der Waals surface area contributed by atoms with E-state index < -0.39 is 28.0 Å². The van der Waals surface area contributed by atoms with E-state index in [1.54, 1.807) is 11.0 Å². The maximum atomic E-state index is 13.3. The molecule has 10 heteroatoms. The van der Waals surface area contributed by atoms with Crippen molar-refractivity contribution in [1.29, 1.82) is 0 Å². The summed E-state index contributed by atoms with van der Waals surface area (Å²) in [7, 11) is -3.66. The molecule has 2 amide bonds. The molecule has 3 atom stereocenters. The SMILES string of the molecule is CC(C)[C@@H]1C(=O)N(S(C)(=O)=O)[C@@H]2CCN(C(=O)c3ccc(CN4CCCC4)[nH]3)[C@H]21.Cl. The van der Waals surface area contributed by atoms with Crippen molar-refractivity contribution < 1.29 is 18.0 Å². The van der Waals surface area contributed by atoms with Crippen LogP contribution >= 0.6 is 12.4 Å². The van der Waals surface area contributed by atoms with E-state index >= 15 is 0 Å². The maximum Gasteiger partial charge on any atom is 0.270 e. The number of nitrogens with zero attached hydrogens (tertiary/aromatic N) is 3. The molecule has 1 aromatic rings. The third-order valence-electron chi connectivity index (χ3n) is 6.50. The lowest BCUT2D eigenvalue weighted by atomic mass is 9.88. The number of sulfonamides is 1. The molecule has 0 aliphatic carbocycles. The van der Waals surface area contributed by atoms with E-state index in [-0.39, 0.29) is 30.1 Å². The van der Waals surface area contributed by atoms with Crippen LogP contribution in [0.25, 0.3) is 0 Å². The summed E-state index contributed by atoms with van der Waals surface area (Å²) in [5.74, 6) is -1.08. The highest BCUT2D eigenvalue weighted by molar-refractivity contribution is 7.88. The standard InChI is InChI=1S/C20H30N4O4S.ClH/c1-13(2)17-18-16(24(20(17)26)29(3,27)28)8-11-23(18)19(25)15-7-6-14(21-15)12-22-9-4-5-10-22;/h6-7,13,16-18,21H,4-5,8-12H2,1-3H3;1H/t16-,17+,18-;/m1./s1. The van der Waals surface area contributed by atoms with Crippen LogP contribution in [0, 0.1) is 11.8 Å². The van der Waals surface area contributed by atoms with Crippen LogP contribution in [0.15, 0.2) is 12.1 Å². The number of aromatic amines is 1. The molecule has 30 heavy (non-hydrogen) atoms. The molecular formula is C20H31ClN4O4S. The number of halogens is 1. The molecule has 0 unspecified atom stereocenters. The van der Waals surface area contributed by atoms with Crippen molar-refractivity contribution in [3.05, 3.63) is 23.5 Å². The van der Waals surface area contributed by atoms with E-state index in [1.807, 2.05) is 19.9 Å². The fraction of sp³-hybridized carbons (Fsp3) is 0.700. The van der Waals surface area contributed by atoms with Crippen molar-refractivity contribution >= 4 is 34.2 Å². The van der Waals surface area contributed by atoms with Crippen LogP contribution in [0.1, 0.15) is 49.3 Å². The smallest absolute Gasteiger partial charge is 0.270 e. The first kappa shape index (κ1) is 23.1. The fourth-order valence-electron chi connectivity index (χ4n) is 5.26. The number of aromatic nitrogens is 1. The molecule has 0 saturated carbocycles. The van der Waals surface area contributed by atoms with Crippen LogP contribution in [-0.2, 0) is 21.4 Å². The number of carbonyl (C=O) groups excluding carboxylic acids is 2. The molecule has 8 nitrogen and oxygen atoms in total. The third kappa shape index (κ3) is 3.99. The number of hydrogen-bond acceptors (Lipinski definition) is 5. The van der Waals surface area contributed by atoms with E-state index in [4.69, 9.17) is 0 Å². The summed E-state index contributed by atoms with van der Waals surface area (Å²) in [4.78, 5) is 33.5. The maximum absolute atomic E-state index is 13.3. The molecular weight excluding hydrogens is 428 g/mol. The van der Waals surface area contributed by atoms with E-state index in [0.717, 1.165) is 35.9 Å². The number of rotatable bonds is 5. The quantitative estimate of drug-likeness (QED) is 0.724. The molecule has 0 spiro atoms. The molecule has 1 N–H and O–H groups in total. The van der Waals surface area contributed by atoms with Gasteiger partial charge in [-0.2, -0.15) is 0 Å². The second-order valence-electron chi connectivity index (χ2n) is 8.89. The molecule has 0 bridgehead atoms. The van der Waals surface area contributed by atoms with Crippen molar-refractivity contribution in [2.24, 2.45) is 11.8 Å². The monoisotopic (exact) mass is 458 g/mol. The Bertz CT molecular complexity index is 910. The highest BCUT2D eigenvalue weighted by atomic mass is 35.5. The van der Waals surface area contributed by atoms with Crippen molar-refractivity contribution in [3.63, 3.8) is 0 Å². The Hall–Kier alpha value is -1.58. The predicted octanol–water partition coefficient (Wildman–Crippen LogP) is 1.69. The number of carbonyl (C=O) groups is 2. The van der Waals surface area contributed by atoms with Crippen molar-refractivity contribution in [2.75, 3.05) is 25.9 Å². The molecule has 1 aromatic heterocycles. The minimum absolute atomic E-state index is 0. The van der Waals surface area contributed by atoms with Crippen LogP contribution in [-0.4, -0.2) is 77.3 Å². The highest BCUT2D eigenvalue weighted by Gasteiger charge is 2.58. The molecule has 4 heterocycles. The highest BCUT2D eigenvalue weighted by Crippen LogP contribution is 2.41. The Morgan fingerprint density at radius 1 is 1.20 bits per heavy atom. The number of nitrogens with one attached hydrogen (secondary N) is 1. The molecule has 3 fully saturated rings. The largest absolute Gasteiger partial charge is 0.353 e. The molecule has 0 radical (unpaired) electrons. The molecule has 168 valence electrons. The number of hydrogen-bond donors (Lipinski definition) is 1. The zero-order valence-corrected chi connectivity index (χ0v) is 19.3. The first-order chi connectivity index (χ1) is 13.7. The van der Waals surface area contributed by atoms with E-state index in [9.17, 15) is 18.0 Å². The van der Waals surface area contributed by atoms with Gasteiger partial charge in [-0.25, -0.2) is 12.7 Å². The van der Waals surface area contributed by atoms with Gasteiger partial charge in [0.1, 0.15) is 5.69 Å². The normalized spacial score (nSPS) is 27.1. The van der Waals surface area contributed by atoms with Gasteiger partial charge in [-0.05, 0) is 50.4 Å². The lowest BCUT2D eigenvalue weighted by molar-refractivity contribution is -0.129. The lowest BCUT2D eigenvalue weighted by Gasteiger charge is -2.29. The second-order valence-corrected chi connectivity index (χ2v) is 10.8. The van der Waals surface area contributed by atoms with Gasteiger partial charge in [0, 0.05) is 18.8 Å². The zero-order chi connectivity index (χ0) is 20.9. The first-order valence-corrected chi connectivity index (χ1v) is 12.3. The summed E-state index contributed by atoms with van der Waals surface area (Å²) < 4.78 is 25.6. The number of likely N-dealkylation sites (tertiary alicyclic amines) is 2. The van der Waals surface area contributed by atoms with Gasteiger partial charge >= 0.3 is 0 Å². The topological polar surface area (TPSA) is 93.8 Å². The van der Waals surface area contributed by atoms with Gasteiger partial charge in [0.2, 0.25) is 15.9 Å². The van der Waals surface area contributed by atoms with Gasteiger partial charge in [-0.15, -0.1) is 12.4 Å². The summed E-state index contributed by atoms with van der Waals surface area (Å²) in [5.41, 5.74) is 1.51. The Labute approximate surface area is 184 Å². The molecule has 3 aliphatic heterocycles. The van der Waals surface area contributed by atoms with Gasteiger partial charge in [-0.3, -0.25) is 14.5 Å². The summed E-state index contributed by atoms with van der Waals surface area (Å²) in [6.07, 6.45) is 3.99. The first-order valence-electron chi connectivity index (χ1n) is 10.4. The second kappa shape index (κ2) is 8.51. The van der Waals surface area contributed by atoms with Gasteiger partial charge in [0.05, 0.1) is 24.3 Å². The van der Waals surface area contributed by atoms with Crippen molar-refractivity contribution in [3.8, 4) is 0 Å². The number of fused-ring (bicyclic) bond motifs is 1. The van der Waals surface area contributed by atoms with Crippen LogP contribution < -0.4 is 0 Å². The Kier molecular flexibility index (Phi) is 6.55. The van der Waals surface area contributed by atoms with Gasteiger partial charge in [-0.1, -0.05) is 13.8 Å². The van der Waals surface area contributed by atoms with Crippen molar-refractivity contribution in [2.45, 2.75) is 51.7 Å². The van der Waals surface area contributed by atoms with E-state index in [0.29, 0.717) is 18.7 Å². The number of H-pyrrole nitrogens is 1. The van der Waals surface area contributed by atoms with Crippen molar-refractivity contribution in [1.82, 2.24) is 19.1 Å². The molecule has 4 rings (SSSR count).